The van der Waals surface area contributed by atoms with Crippen molar-refractivity contribution in [1.29, 1.82) is 0 Å². The second-order valence-electron chi connectivity index (χ2n) is 3.83. The number of aromatic hydroxyl groups is 1. The van der Waals surface area contributed by atoms with Crippen molar-refractivity contribution >= 4 is 42.8 Å². The fourth-order valence-electron chi connectivity index (χ4n) is 1.97. The van der Waals surface area contributed by atoms with Crippen LogP contribution in [0.4, 0.5) is 0 Å². The number of pyridine rings is 1. The Bertz CT molecular complexity index is 723. The molecule has 0 aliphatic heterocycles. The van der Waals surface area contributed by atoms with Gasteiger partial charge in [0.15, 0.2) is 0 Å². The number of rotatable bonds is 1. The van der Waals surface area contributed by atoms with Gasteiger partial charge >= 0.3 is 0 Å². The van der Waals surface area contributed by atoms with Crippen molar-refractivity contribution in [3.63, 3.8) is 0 Å². The quantitative estimate of drug-likeness (QED) is 0.697. The number of fused-ring (bicyclic) bond motifs is 1. The van der Waals surface area contributed by atoms with Crippen LogP contribution in [-0.4, -0.2) is 14.7 Å². The predicted molar refractivity (Wildman–Crippen MR) is 78.1 cm³/mol. The lowest BCUT2D eigenvalue weighted by atomic mass is 10.3. The molecular weight excluding hydrogens is 360 g/mol. The third kappa shape index (κ3) is 1.66. The Balaban J connectivity index is 2.44. The highest BCUT2D eigenvalue weighted by molar-refractivity contribution is 9.13. The molecule has 18 heavy (non-hydrogen) atoms. The number of hydrogen-bond acceptors (Lipinski definition) is 2. The number of aromatic nitrogens is 2. The molecule has 1 N–H and O–H groups in total. The molecule has 2 aromatic heterocycles. The maximum atomic E-state index is 9.91. The summed E-state index contributed by atoms with van der Waals surface area (Å²) in [5.41, 5.74) is 1.85. The predicted octanol–water partition coefficient (Wildman–Crippen LogP) is 4.26. The molecule has 0 unspecified atom stereocenters. The third-order valence-electron chi connectivity index (χ3n) is 2.76. The molecule has 3 nitrogen and oxygen atoms in total. The Morgan fingerprint density at radius 3 is 2.50 bits per heavy atom. The minimum Gasteiger partial charge on any atom is -0.506 e. The Morgan fingerprint density at radius 2 is 1.78 bits per heavy atom. The van der Waals surface area contributed by atoms with Gasteiger partial charge in [0, 0.05) is 5.69 Å². The van der Waals surface area contributed by atoms with Crippen molar-refractivity contribution in [2.24, 2.45) is 0 Å². The second kappa shape index (κ2) is 4.40. The summed E-state index contributed by atoms with van der Waals surface area (Å²) in [6.07, 6.45) is 3.17. The molecule has 1 aromatic carbocycles. The van der Waals surface area contributed by atoms with Crippen molar-refractivity contribution in [1.82, 2.24) is 9.55 Å². The van der Waals surface area contributed by atoms with Crippen LogP contribution in [0.15, 0.2) is 51.8 Å². The van der Waals surface area contributed by atoms with Crippen molar-refractivity contribution in [3.8, 4) is 11.4 Å². The van der Waals surface area contributed by atoms with Gasteiger partial charge in [-0.3, -0.25) is 4.98 Å². The molecule has 0 bridgehead atoms. The van der Waals surface area contributed by atoms with Crippen LogP contribution >= 0.6 is 31.9 Å². The topological polar surface area (TPSA) is 38.1 Å². The maximum Gasteiger partial charge on any atom is 0.144 e. The Hall–Kier alpha value is -1.33. The highest BCUT2D eigenvalue weighted by atomic mass is 79.9. The minimum atomic E-state index is 0.162. The molecule has 0 fully saturated rings. The summed E-state index contributed by atoms with van der Waals surface area (Å²) in [6, 6.07) is 9.91. The molecule has 0 aliphatic carbocycles. The van der Waals surface area contributed by atoms with Crippen LogP contribution in [0.25, 0.3) is 16.6 Å². The molecule has 0 radical (unpaired) electrons. The lowest BCUT2D eigenvalue weighted by Crippen LogP contribution is -1.93. The van der Waals surface area contributed by atoms with E-state index in [0.29, 0.717) is 0 Å². The smallest absolute Gasteiger partial charge is 0.144 e. The molecule has 0 saturated carbocycles. The van der Waals surface area contributed by atoms with E-state index in [1.54, 1.807) is 6.20 Å². The molecule has 3 aromatic rings. The van der Waals surface area contributed by atoms with Gasteiger partial charge in [0.2, 0.25) is 0 Å². The fourth-order valence-corrected chi connectivity index (χ4v) is 3.15. The molecule has 0 spiro atoms. The average Bonchev–Trinajstić information content (AvgIpc) is 2.64. The summed E-state index contributed by atoms with van der Waals surface area (Å²) in [5, 5.41) is 10.7. The van der Waals surface area contributed by atoms with Crippen LogP contribution in [0.3, 0.4) is 0 Å². The van der Waals surface area contributed by atoms with Gasteiger partial charge in [0.25, 0.3) is 0 Å². The van der Waals surface area contributed by atoms with E-state index in [9.17, 15) is 5.11 Å². The fraction of sp³-hybridized carbons (Fsp3) is 0. The van der Waals surface area contributed by atoms with E-state index in [4.69, 9.17) is 0 Å². The largest absolute Gasteiger partial charge is 0.506 e. The Kier molecular flexibility index (Phi) is 2.87. The third-order valence-corrected chi connectivity index (χ3v) is 4.81. The molecule has 5 heteroatoms. The van der Waals surface area contributed by atoms with E-state index in [1.807, 2.05) is 34.9 Å². The zero-order valence-electron chi connectivity index (χ0n) is 9.14. The highest BCUT2D eigenvalue weighted by Gasteiger charge is 2.17. The summed E-state index contributed by atoms with van der Waals surface area (Å²) < 4.78 is 3.67. The first-order chi connectivity index (χ1) is 8.70. The van der Waals surface area contributed by atoms with Crippen molar-refractivity contribution < 1.29 is 5.11 Å². The number of para-hydroxylation sites is 1. The first kappa shape index (κ1) is 11.7. The molecule has 2 heterocycles. The standard InChI is InChI=1S/C13H8Br2N2O/c14-12-11-9(6-16-7-10(11)18)17(13(12)15)8-4-2-1-3-5-8/h1-7,18H. The summed E-state index contributed by atoms with van der Waals surface area (Å²) in [7, 11) is 0. The summed E-state index contributed by atoms with van der Waals surface area (Å²) >= 11 is 7.04. The molecule has 0 amide bonds. The van der Waals surface area contributed by atoms with Crippen molar-refractivity contribution in [2.45, 2.75) is 0 Å². The van der Waals surface area contributed by atoms with Crippen LogP contribution in [0.2, 0.25) is 0 Å². The van der Waals surface area contributed by atoms with Gasteiger partial charge in [-0.2, -0.15) is 0 Å². The molecule has 0 saturated heterocycles. The number of nitrogens with zero attached hydrogens (tertiary/aromatic N) is 2. The average molecular weight is 368 g/mol. The number of halogens is 2. The van der Waals surface area contributed by atoms with Crippen LogP contribution in [0.1, 0.15) is 0 Å². The maximum absolute atomic E-state index is 9.91. The van der Waals surface area contributed by atoms with Crippen LogP contribution in [-0.2, 0) is 0 Å². The molecular formula is C13H8Br2N2O. The monoisotopic (exact) mass is 366 g/mol. The van der Waals surface area contributed by atoms with E-state index in [-0.39, 0.29) is 5.75 Å². The van der Waals surface area contributed by atoms with Gasteiger partial charge in [0.1, 0.15) is 10.4 Å². The van der Waals surface area contributed by atoms with Gasteiger partial charge in [-0.15, -0.1) is 0 Å². The summed E-state index contributed by atoms with van der Waals surface area (Å²) in [5.74, 6) is 0.162. The Labute approximate surface area is 120 Å². The molecule has 90 valence electrons. The zero-order valence-corrected chi connectivity index (χ0v) is 12.3. The second-order valence-corrected chi connectivity index (χ2v) is 5.37. The van der Waals surface area contributed by atoms with E-state index < -0.39 is 0 Å². The lowest BCUT2D eigenvalue weighted by molar-refractivity contribution is 0.479. The molecule has 0 atom stereocenters. The molecule has 0 aliphatic rings. The number of hydrogen-bond donors (Lipinski definition) is 1. The van der Waals surface area contributed by atoms with Crippen LogP contribution < -0.4 is 0 Å². The van der Waals surface area contributed by atoms with Crippen molar-refractivity contribution in [2.75, 3.05) is 0 Å². The van der Waals surface area contributed by atoms with Gasteiger partial charge in [-0.1, -0.05) is 18.2 Å². The Morgan fingerprint density at radius 1 is 1.06 bits per heavy atom. The van der Waals surface area contributed by atoms with Crippen molar-refractivity contribution in [3.05, 3.63) is 51.8 Å². The van der Waals surface area contributed by atoms with E-state index in [1.165, 1.54) is 6.20 Å². The van der Waals surface area contributed by atoms with Gasteiger partial charge in [0.05, 0.1) is 27.8 Å². The summed E-state index contributed by atoms with van der Waals surface area (Å²) in [6.45, 7) is 0. The SMILES string of the molecule is Oc1cncc2c1c(Br)c(Br)n2-c1ccccc1. The first-order valence-corrected chi connectivity index (χ1v) is 6.86. The lowest BCUT2D eigenvalue weighted by Gasteiger charge is -2.06. The van der Waals surface area contributed by atoms with Crippen LogP contribution in [0, 0.1) is 0 Å². The normalized spacial score (nSPS) is 11.0. The van der Waals surface area contributed by atoms with Gasteiger partial charge in [-0.05, 0) is 44.0 Å². The van der Waals surface area contributed by atoms with Gasteiger partial charge in [-0.25, -0.2) is 0 Å². The molecule has 3 rings (SSSR count). The highest BCUT2D eigenvalue weighted by Crippen LogP contribution is 2.40. The first-order valence-electron chi connectivity index (χ1n) is 5.28. The van der Waals surface area contributed by atoms with Crippen LogP contribution in [0.5, 0.6) is 5.75 Å². The minimum absolute atomic E-state index is 0.162. The van der Waals surface area contributed by atoms with E-state index in [0.717, 1.165) is 25.7 Å². The summed E-state index contributed by atoms with van der Waals surface area (Å²) in [4.78, 5) is 4.04. The van der Waals surface area contributed by atoms with E-state index >= 15 is 0 Å². The zero-order chi connectivity index (χ0) is 12.7. The number of benzene rings is 1. The van der Waals surface area contributed by atoms with Gasteiger partial charge < -0.3 is 9.67 Å². The van der Waals surface area contributed by atoms with E-state index in [2.05, 4.69) is 36.8 Å².